The molecular weight excluding hydrogens is 606 g/mol. The number of carbonyl (C=O) groups is 8. The van der Waals surface area contributed by atoms with Crippen LogP contribution in [0, 0.1) is 11.8 Å². The lowest BCUT2D eigenvalue weighted by Crippen LogP contribution is -2.38. The Balaban J connectivity index is 0.000000855. The van der Waals surface area contributed by atoms with Gasteiger partial charge in [0, 0.05) is 81.5 Å². The molecule has 2 rings (SSSR count). The molecule has 14 nitrogen and oxygen atoms in total. The Morgan fingerprint density at radius 1 is 0.689 bits per heavy atom. The molecular formula is C30H47N5O9S. The smallest absolute Gasteiger partial charge is 0.308 e. The van der Waals surface area contributed by atoms with Gasteiger partial charge in [0.25, 0.3) is 23.6 Å². The molecule has 252 valence electrons. The van der Waals surface area contributed by atoms with Crippen LogP contribution in [0.3, 0.4) is 0 Å². The van der Waals surface area contributed by atoms with Crippen LogP contribution in [0.5, 0.6) is 0 Å². The number of carbonyl (C=O) groups excluding carboxylic acids is 8. The van der Waals surface area contributed by atoms with Gasteiger partial charge in [0.15, 0.2) is 0 Å². The normalized spacial score (nSPS) is 13.6. The molecule has 0 fully saturated rings. The summed E-state index contributed by atoms with van der Waals surface area (Å²) in [6.45, 7) is 8.94. The predicted octanol–water partition coefficient (Wildman–Crippen LogP) is 0.566. The lowest BCUT2D eigenvalue weighted by Gasteiger charge is -2.13. The highest BCUT2D eigenvalue weighted by atomic mass is 32.2. The summed E-state index contributed by atoms with van der Waals surface area (Å²) in [6, 6.07) is 0. The van der Waals surface area contributed by atoms with Gasteiger partial charge in [-0.15, -0.1) is 0 Å². The maximum Gasteiger partial charge on any atom is 0.308 e. The van der Waals surface area contributed by atoms with Gasteiger partial charge < -0.3 is 20.7 Å². The topological polar surface area (TPSA) is 188 Å². The summed E-state index contributed by atoms with van der Waals surface area (Å²) < 4.78 is 5.06. The fraction of sp³-hybridized carbons (Fsp3) is 0.600. The van der Waals surface area contributed by atoms with Crippen LogP contribution in [0.15, 0.2) is 24.3 Å². The molecule has 0 spiro atoms. The van der Waals surface area contributed by atoms with Gasteiger partial charge in [-0.05, 0) is 12.2 Å². The van der Waals surface area contributed by atoms with Crippen molar-refractivity contribution in [2.45, 2.75) is 54.4 Å². The van der Waals surface area contributed by atoms with E-state index in [2.05, 4.69) is 16.0 Å². The average Bonchev–Trinajstić information content (AvgIpc) is 3.48. The van der Waals surface area contributed by atoms with Crippen LogP contribution in [0.2, 0.25) is 0 Å². The monoisotopic (exact) mass is 653 g/mol. The van der Waals surface area contributed by atoms with Crippen molar-refractivity contribution in [2.75, 3.05) is 50.8 Å². The molecule has 2 heterocycles. The lowest BCUT2D eigenvalue weighted by atomic mass is 10.2. The number of hydrogen-bond donors (Lipinski definition) is 3. The largest absolute Gasteiger partial charge is 0.465 e. The van der Waals surface area contributed by atoms with Gasteiger partial charge in [-0.3, -0.25) is 48.2 Å². The molecule has 0 atom stereocenters. The minimum atomic E-state index is -0.396. The van der Waals surface area contributed by atoms with Crippen molar-refractivity contribution < 1.29 is 43.1 Å². The van der Waals surface area contributed by atoms with Crippen molar-refractivity contribution >= 4 is 59.1 Å². The zero-order chi connectivity index (χ0) is 33.1. The van der Waals surface area contributed by atoms with Gasteiger partial charge in [0.05, 0.1) is 12.5 Å². The number of hydrogen-bond acceptors (Lipinski definition) is 10. The Kier molecular flexibility index (Phi) is 20.5. The van der Waals surface area contributed by atoms with E-state index in [1.165, 1.54) is 24.3 Å². The van der Waals surface area contributed by atoms with Crippen LogP contribution in [0.4, 0.5) is 0 Å². The summed E-state index contributed by atoms with van der Waals surface area (Å²) in [5.74, 6) is -0.833. The molecule has 0 bridgehead atoms. The molecule has 0 unspecified atom stereocenters. The molecule has 0 saturated carbocycles. The van der Waals surface area contributed by atoms with Crippen molar-refractivity contribution in [1.29, 1.82) is 0 Å². The van der Waals surface area contributed by atoms with E-state index in [4.69, 9.17) is 4.74 Å². The van der Waals surface area contributed by atoms with Crippen molar-refractivity contribution in [1.82, 2.24) is 25.8 Å². The summed E-state index contributed by atoms with van der Waals surface area (Å²) in [7, 11) is 0. The quantitative estimate of drug-likeness (QED) is 0.107. The number of rotatable bonds is 18. The first-order valence-electron chi connectivity index (χ1n) is 14.5. The third-order valence-electron chi connectivity index (χ3n) is 5.91. The van der Waals surface area contributed by atoms with Gasteiger partial charge in [-0.1, -0.05) is 35.1 Å². The van der Waals surface area contributed by atoms with Crippen molar-refractivity contribution in [2.24, 2.45) is 11.8 Å². The van der Waals surface area contributed by atoms with Crippen molar-refractivity contribution in [3.8, 4) is 0 Å². The van der Waals surface area contributed by atoms with E-state index in [9.17, 15) is 38.4 Å². The standard InChI is InChI=1S/C16H24N2O5S.C13H19N3O4.CH4/c1-12(2)16(22)23-9-3-10-24-11-7-17-13(19)6-8-18-14(20)4-5-15(18)21;1-9(2)13(20)15-7-6-14-10(17)5-8-16-11(18)3-4-12(16)19;/h4-5,12H,3,6-11H2,1-2H3,(H,17,19);3-4,9H,5-8H2,1-2H3,(H,14,17)(H,15,20);1H4. The molecule has 0 aromatic heterocycles. The number of nitrogens with zero attached hydrogens (tertiary/aromatic N) is 2. The van der Waals surface area contributed by atoms with Gasteiger partial charge in [-0.2, -0.15) is 11.8 Å². The molecule has 45 heavy (non-hydrogen) atoms. The van der Waals surface area contributed by atoms with E-state index in [0.717, 1.165) is 27.7 Å². The fourth-order valence-corrected chi connectivity index (χ4v) is 4.14. The third-order valence-corrected chi connectivity index (χ3v) is 6.98. The molecule has 0 aromatic rings. The second kappa shape index (κ2) is 22.5. The fourth-order valence-electron chi connectivity index (χ4n) is 3.36. The summed E-state index contributed by atoms with van der Waals surface area (Å²) in [5.41, 5.74) is 0. The van der Waals surface area contributed by atoms with Gasteiger partial charge in [0.1, 0.15) is 0 Å². The van der Waals surface area contributed by atoms with Crippen molar-refractivity contribution in [3.63, 3.8) is 0 Å². The van der Waals surface area contributed by atoms with Crippen LogP contribution in [-0.4, -0.2) is 108 Å². The minimum Gasteiger partial charge on any atom is -0.465 e. The summed E-state index contributed by atoms with van der Waals surface area (Å²) in [6.07, 6.45) is 5.71. The zero-order valence-corrected chi connectivity index (χ0v) is 26.5. The second-order valence-electron chi connectivity index (χ2n) is 10.3. The number of esters is 1. The van der Waals surface area contributed by atoms with E-state index in [-0.39, 0.29) is 80.7 Å². The molecule has 2 aliphatic rings. The van der Waals surface area contributed by atoms with E-state index in [0.29, 0.717) is 26.2 Å². The number of imide groups is 2. The molecule has 7 amide bonds. The Hall–Kier alpha value is -4.01. The molecule has 3 N–H and O–H groups in total. The molecule has 0 aromatic carbocycles. The Morgan fingerprint density at radius 3 is 1.58 bits per heavy atom. The number of nitrogens with one attached hydrogen (secondary N) is 3. The van der Waals surface area contributed by atoms with Gasteiger partial charge in [-0.25, -0.2) is 0 Å². The van der Waals surface area contributed by atoms with Crippen LogP contribution < -0.4 is 16.0 Å². The minimum absolute atomic E-state index is 0. The highest BCUT2D eigenvalue weighted by Crippen LogP contribution is 2.06. The maximum atomic E-state index is 11.6. The van der Waals surface area contributed by atoms with E-state index < -0.39 is 11.8 Å². The lowest BCUT2D eigenvalue weighted by molar-refractivity contribution is -0.147. The van der Waals surface area contributed by atoms with Crippen molar-refractivity contribution in [3.05, 3.63) is 24.3 Å². The summed E-state index contributed by atoms with van der Waals surface area (Å²) >= 11 is 1.66. The highest BCUT2D eigenvalue weighted by Gasteiger charge is 2.24. The molecule has 0 radical (unpaired) electrons. The molecule has 0 saturated heterocycles. The Bertz CT molecular complexity index is 1090. The first kappa shape index (κ1) is 41.0. The summed E-state index contributed by atoms with van der Waals surface area (Å²) in [5, 5.41) is 8.02. The van der Waals surface area contributed by atoms with E-state index in [1.54, 1.807) is 39.5 Å². The number of ether oxygens (including phenoxy) is 1. The van der Waals surface area contributed by atoms with Gasteiger partial charge >= 0.3 is 5.97 Å². The predicted molar refractivity (Wildman–Crippen MR) is 169 cm³/mol. The first-order valence-corrected chi connectivity index (χ1v) is 15.6. The van der Waals surface area contributed by atoms with Crippen LogP contribution in [-0.2, 0) is 43.1 Å². The highest BCUT2D eigenvalue weighted by molar-refractivity contribution is 7.99. The van der Waals surface area contributed by atoms with Crippen LogP contribution >= 0.6 is 11.8 Å². The average molecular weight is 654 g/mol. The number of thioether (sulfide) groups is 1. The molecule has 15 heteroatoms. The van der Waals surface area contributed by atoms with Crippen LogP contribution in [0.25, 0.3) is 0 Å². The zero-order valence-electron chi connectivity index (χ0n) is 25.7. The Morgan fingerprint density at radius 2 is 1.13 bits per heavy atom. The molecule has 2 aliphatic heterocycles. The third kappa shape index (κ3) is 17.2. The SMILES string of the molecule is C.CC(C)C(=O)NCCNC(=O)CCN1C(=O)C=CC1=O.CC(C)C(=O)OCCCSCCNC(=O)CCN1C(=O)C=CC1=O. The first-order chi connectivity index (χ1) is 20.8. The maximum absolute atomic E-state index is 11.6. The van der Waals surface area contributed by atoms with E-state index >= 15 is 0 Å². The Labute approximate surface area is 269 Å². The van der Waals surface area contributed by atoms with Crippen LogP contribution in [0.1, 0.15) is 54.4 Å². The van der Waals surface area contributed by atoms with Gasteiger partial charge in [0.2, 0.25) is 17.7 Å². The van der Waals surface area contributed by atoms with E-state index in [1.807, 2.05) is 0 Å². The number of amides is 7. The molecule has 0 aliphatic carbocycles. The summed E-state index contributed by atoms with van der Waals surface area (Å²) in [4.78, 5) is 92.8. The second-order valence-corrected chi connectivity index (χ2v) is 11.5.